The van der Waals surface area contributed by atoms with Crippen molar-refractivity contribution >= 4 is 21.9 Å². The molecule has 1 aliphatic carbocycles. The second-order valence-electron chi connectivity index (χ2n) is 7.09. The van der Waals surface area contributed by atoms with Crippen molar-refractivity contribution in [2.24, 2.45) is 11.8 Å². The Hall–Kier alpha value is -2.13. The van der Waals surface area contributed by atoms with Crippen molar-refractivity contribution in [3.63, 3.8) is 0 Å². The third-order valence-electron chi connectivity index (χ3n) is 5.35. The summed E-state index contributed by atoms with van der Waals surface area (Å²) in [5, 5.41) is 2.93. The summed E-state index contributed by atoms with van der Waals surface area (Å²) in [6.07, 6.45) is 3.12. The van der Waals surface area contributed by atoms with Crippen LogP contribution in [0.15, 0.2) is 23.1 Å². The first-order valence-corrected chi connectivity index (χ1v) is 10.8. The number of hydrogen-bond acceptors (Lipinski definition) is 6. The highest BCUT2D eigenvalue weighted by molar-refractivity contribution is 7.89. The minimum atomic E-state index is -3.82. The molecule has 156 valence electrons. The number of esters is 1. The number of carbonyl (C=O) groups is 2. The van der Waals surface area contributed by atoms with Gasteiger partial charge in [-0.25, -0.2) is 17.9 Å². The van der Waals surface area contributed by atoms with Crippen molar-refractivity contribution in [2.45, 2.75) is 44.0 Å². The van der Waals surface area contributed by atoms with Crippen molar-refractivity contribution in [3.8, 4) is 5.75 Å². The Labute approximate surface area is 166 Å². The van der Waals surface area contributed by atoms with Crippen molar-refractivity contribution in [3.05, 3.63) is 23.8 Å². The van der Waals surface area contributed by atoms with Crippen LogP contribution in [0.3, 0.4) is 0 Å². The second-order valence-corrected chi connectivity index (χ2v) is 8.95. The lowest BCUT2D eigenvalue weighted by atomic mass is 9.78. The average molecular weight is 413 g/mol. The second kappa shape index (κ2) is 9.38. The van der Waals surface area contributed by atoms with Crippen LogP contribution in [0.5, 0.6) is 5.75 Å². The Bertz CT molecular complexity index is 824. The van der Waals surface area contributed by atoms with Gasteiger partial charge in [-0.1, -0.05) is 26.7 Å². The summed E-state index contributed by atoms with van der Waals surface area (Å²) < 4.78 is 36.5. The summed E-state index contributed by atoms with van der Waals surface area (Å²) in [7, 11) is -1.23. The van der Waals surface area contributed by atoms with Gasteiger partial charge in [-0.2, -0.15) is 0 Å². The highest BCUT2D eigenvalue weighted by atomic mass is 32.2. The molecule has 1 aromatic rings. The molecule has 1 amide bonds. The van der Waals surface area contributed by atoms with E-state index in [9.17, 15) is 18.0 Å². The maximum absolute atomic E-state index is 12.3. The van der Waals surface area contributed by atoms with E-state index in [4.69, 9.17) is 9.47 Å². The van der Waals surface area contributed by atoms with Crippen LogP contribution < -0.4 is 14.8 Å². The van der Waals surface area contributed by atoms with E-state index >= 15 is 0 Å². The largest absolute Gasteiger partial charge is 0.495 e. The molecule has 28 heavy (non-hydrogen) atoms. The summed E-state index contributed by atoms with van der Waals surface area (Å²) in [6.45, 7) is 3.86. The monoisotopic (exact) mass is 412 g/mol. The lowest BCUT2D eigenvalue weighted by Crippen LogP contribution is -2.45. The van der Waals surface area contributed by atoms with Crippen LogP contribution in [0.2, 0.25) is 0 Å². The Morgan fingerprint density at radius 2 is 1.93 bits per heavy atom. The highest BCUT2D eigenvalue weighted by Gasteiger charge is 2.28. The molecule has 2 rings (SSSR count). The van der Waals surface area contributed by atoms with Crippen LogP contribution in [0.4, 0.5) is 0 Å². The molecule has 9 heteroatoms. The van der Waals surface area contributed by atoms with Gasteiger partial charge in [0.2, 0.25) is 10.0 Å². The van der Waals surface area contributed by atoms with Gasteiger partial charge in [-0.05, 0) is 43.5 Å². The van der Waals surface area contributed by atoms with Gasteiger partial charge in [-0.3, -0.25) is 4.79 Å². The standard InChI is InChI=1S/C19H28N2O6S/c1-12-6-5-7-15(13(12)2)21-18(22)11-27-19(23)14-8-9-16(26-4)17(10-14)28(24,25)20-3/h8-10,12-13,15,20H,5-7,11H2,1-4H3,(H,21,22)/t12-,13-,15-/m1/s1. The van der Waals surface area contributed by atoms with Crippen molar-refractivity contribution in [1.82, 2.24) is 10.0 Å². The van der Waals surface area contributed by atoms with E-state index in [2.05, 4.69) is 23.9 Å². The molecule has 0 saturated heterocycles. The van der Waals surface area contributed by atoms with Crippen LogP contribution >= 0.6 is 0 Å². The molecule has 0 radical (unpaired) electrons. The Morgan fingerprint density at radius 1 is 1.21 bits per heavy atom. The molecular formula is C19H28N2O6S. The van der Waals surface area contributed by atoms with E-state index in [0.29, 0.717) is 11.8 Å². The first-order valence-electron chi connectivity index (χ1n) is 9.27. The number of sulfonamides is 1. The zero-order valence-corrected chi connectivity index (χ0v) is 17.5. The van der Waals surface area contributed by atoms with Gasteiger partial charge in [0, 0.05) is 6.04 Å². The third kappa shape index (κ3) is 5.23. The zero-order chi connectivity index (χ0) is 20.9. The van der Waals surface area contributed by atoms with E-state index in [1.54, 1.807) is 0 Å². The number of ether oxygens (including phenoxy) is 2. The SMILES string of the molecule is CNS(=O)(=O)c1cc(C(=O)OCC(=O)N[C@@H]2CCC[C@@H](C)[C@H]2C)ccc1OC. The predicted octanol–water partition coefficient (Wildman–Crippen LogP) is 1.70. The minimum Gasteiger partial charge on any atom is -0.495 e. The van der Waals surface area contributed by atoms with Gasteiger partial charge in [0.1, 0.15) is 10.6 Å². The summed E-state index contributed by atoms with van der Waals surface area (Å²) in [5.74, 6) is -0.145. The predicted molar refractivity (Wildman–Crippen MR) is 104 cm³/mol. The molecule has 3 atom stereocenters. The zero-order valence-electron chi connectivity index (χ0n) is 16.7. The van der Waals surface area contributed by atoms with Crippen molar-refractivity contribution in [1.29, 1.82) is 0 Å². The molecular weight excluding hydrogens is 384 g/mol. The van der Waals surface area contributed by atoms with Gasteiger partial charge in [-0.15, -0.1) is 0 Å². The van der Waals surface area contributed by atoms with Gasteiger partial charge in [0.25, 0.3) is 5.91 Å². The van der Waals surface area contributed by atoms with Crippen LogP contribution in [0.25, 0.3) is 0 Å². The van der Waals surface area contributed by atoms with Gasteiger partial charge in [0.15, 0.2) is 6.61 Å². The maximum atomic E-state index is 12.3. The fourth-order valence-electron chi connectivity index (χ4n) is 3.37. The molecule has 1 saturated carbocycles. The van der Waals surface area contributed by atoms with Gasteiger partial charge >= 0.3 is 5.97 Å². The lowest BCUT2D eigenvalue weighted by molar-refractivity contribution is -0.125. The molecule has 1 aliphatic rings. The van der Waals surface area contributed by atoms with E-state index < -0.39 is 22.6 Å². The Morgan fingerprint density at radius 3 is 2.57 bits per heavy atom. The van der Waals surface area contributed by atoms with Gasteiger partial charge < -0.3 is 14.8 Å². The molecule has 0 unspecified atom stereocenters. The van der Waals surface area contributed by atoms with Crippen molar-refractivity contribution in [2.75, 3.05) is 20.8 Å². The highest BCUT2D eigenvalue weighted by Crippen LogP contribution is 2.29. The molecule has 2 N–H and O–H groups in total. The molecule has 0 bridgehead atoms. The van der Waals surface area contributed by atoms with Gasteiger partial charge in [0.05, 0.1) is 12.7 Å². The van der Waals surface area contributed by atoms with E-state index in [1.807, 2.05) is 0 Å². The summed E-state index contributed by atoms with van der Waals surface area (Å²) in [4.78, 5) is 24.2. The molecule has 0 heterocycles. The first-order chi connectivity index (χ1) is 13.2. The molecule has 0 aromatic heterocycles. The number of carbonyl (C=O) groups excluding carboxylic acids is 2. The number of nitrogens with one attached hydrogen (secondary N) is 2. The topological polar surface area (TPSA) is 111 Å². The Balaban J connectivity index is 2.01. The van der Waals surface area contributed by atoms with Crippen LogP contribution in [-0.2, 0) is 19.6 Å². The van der Waals surface area contributed by atoms with E-state index in [-0.39, 0.29) is 28.2 Å². The smallest absolute Gasteiger partial charge is 0.338 e. The third-order valence-corrected chi connectivity index (χ3v) is 6.78. The number of rotatable bonds is 7. The fourth-order valence-corrected chi connectivity index (χ4v) is 4.29. The summed E-state index contributed by atoms with van der Waals surface area (Å²) in [5.41, 5.74) is 0.0158. The average Bonchev–Trinajstić information content (AvgIpc) is 2.69. The maximum Gasteiger partial charge on any atom is 0.338 e. The minimum absolute atomic E-state index is 0.0158. The first kappa shape index (κ1) is 22.2. The van der Waals surface area contributed by atoms with E-state index in [0.717, 1.165) is 25.3 Å². The fraction of sp³-hybridized carbons (Fsp3) is 0.579. The van der Waals surface area contributed by atoms with E-state index in [1.165, 1.54) is 26.3 Å². The molecule has 0 spiro atoms. The van der Waals surface area contributed by atoms with Crippen molar-refractivity contribution < 1.29 is 27.5 Å². The van der Waals surface area contributed by atoms with Crippen LogP contribution in [0, 0.1) is 11.8 Å². The Kier molecular flexibility index (Phi) is 7.42. The lowest BCUT2D eigenvalue weighted by Gasteiger charge is -2.34. The normalized spacial score (nSPS) is 22.4. The molecule has 1 fully saturated rings. The number of hydrogen-bond donors (Lipinski definition) is 2. The number of benzene rings is 1. The van der Waals surface area contributed by atoms with Crippen LogP contribution in [0.1, 0.15) is 43.5 Å². The molecule has 1 aromatic carbocycles. The number of methoxy groups -OCH3 is 1. The quantitative estimate of drug-likeness (QED) is 0.660. The molecule has 8 nitrogen and oxygen atoms in total. The number of amides is 1. The molecule has 0 aliphatic heterocycles. The summed E-state index contributed by atoms with van der Waals surface area (Å²) in [6, 6.07) is 3.99. The van der Waals surface area contributed by atoms with Crippen LogP contribution in [-0.4, -0.2) is 47.1 Å². The summed E-state index contributed by atoms with van der Waals surface area (Å²) >= 11 is 0.